The molecule has 2 N–H and O–H groups in total. The van der Waals surface area contributed by atoms with Crippen molar-refractivity contribution in [3.8, 4) is 0 Å². The van der Waals surface area contributed by atoms with Gasteiger partial charge in [0.05, 0.1) is 6.04 Å². The Morgan fingerprint density at radius 3 is 2.63 bits per heavy atom. The molecule has 0 saturated carbocycles. The van der Waals surface area contributed by atoms with E-state index in [1.54, 1.807) is 0 Å². The van der Waals surface area contributed by atoms with Crippen molar-refractivity contribution in [1.29, 1.82) is 0 Å². The molecule has 4 fully saturated rings. The summed E-state index contributed by atoms with van der Waals surface area (Å²) in [5.41, 5.74) is 0.0797. The van der Waals surface area contributed by atoms with E-state index in [0.717, 1.165) is 19.5 Å². The first kappa shape index (κ1) is 13.4. The largest absolute Gasteiger partial charge is 0.350 e. The number of rotatable bonds is 2. The Balaban J connectivity index is 1.61. The van der Waals surface area contributed by atoms with Gasteiger partial charge in [0.1, 0.15) is 0 Å². The van der Waals surface area contributed by atoms with Crippen LogP contribution in [-0.4, -0.2) is 49.1 Å². The Bertz CT molecular complexity index is 347. The third-order valence-corrected chi connectivity index (χ3v) is 5.37. The van der Waals surface area contributed by atoms with Crippen molar-refractivity contribution >= 4 is 5.91 Å². The second-order valence-electron chi connectivity index (χ2n) is 7.23. The van der Waals surface area contributed by atoms with Crippen molar-refractivity contribution in [1.82, 2.24) is 15.5 Å². The molecule has 1 amide bonds. The van der Waals surface area contributed by atoms with E-state index in [1.165, 1.54) is 32.4 Å². The van der Waals surface area contributed by atoms with E-state index in [-0.39, 0.29) is 17.4 Å². The molecule has 0 aromatic carbocycles. The molecular formula is C15H27N3O. The minimum Gasteiger partial charge on any atom is -0.350 e. The van der Waals surface area contributed by atoms with Crippen LogP contribution in [0.3, 0.4) is 0 Å². The predicted molar refractivity (Wildman–Crippen MR) is 75.9 cm³/mol. The third kappa shape index (κ3) is 2.65. The second kappa shape index (κ2) is 5.06. The smallest absolute Gasteiger partial charge is 0.237 e. The molecule has 19 heavy (non-hydrogen) atoms. The average Bonchev–Trinajstić information content (AvgIpc) is 2.39. The van der Waals surface area contributed by atoms with Gasteiger partial charge in [-0.15, -0.1) is 0 Å². The van der Waals surface area contributed by atoms with Crippen LogP contribution in [-0.2, 0) is 4.79 Å². The summed E-state index contributed by atoms with van der Waals surface area (Å²) in [6.07, 6.45) is 4.83. The van der Waals surface area contributed by atoms with E-state index < -0.39 is 0 Å². The Morgan fingerprint density at radius 2 is 2.05 bits per heavy atom. The van der Waals surface area contributed by atoms with Gasteiger partial charge in [0, 0.05) is 12.6 Å². The normalized spacial score (nSPS) is 40.9. The lowest BCUT2D eigenvalue weighted by molar-refractivity contribution is -0.128. The quantitative estimate of drug-likeness (QED) is 0.782. The molecule has 0 aromatic rings. The molecule has 2 bridgehead atoms. The summed E-state index contributed by atoms with van der Waals surface area (Å²) in [5, 5.41) is 6.75. The number of fused-ring (bicyclic) bond motifs is 3. The molecule has 0 radical (unpaired) electrons. The predicted octanol–water partition coefficient (Wildman–Crippen LogP) is 0.975. The maximum absolute atomic E-state index is 12.6. The van der Waals surface area contributed by atoms with E-state index in [1.807, 2.05) is 0 Å². The SMILES string of the molecule is CC1(C)CCCNC1C(=O)NC1CN2CCC1CC2. The Hall–Kier alpha value is -0.610. The van der Waals surface area contributed by atoms with Gasteiger partial charge in [-0.2, -0.15) is 0 Å². The van der Waals surface area contributed by atoms with Crippen LogP contribution in [0.2, 0.25) is 0 Å². The minimum atomic E-state index is -0.0169. The maximum Gasteiger partial charge on any atom is 0.237 e. The zero-order valence-electron chi connectivity index (χ0n) is 12.2. The highest BCUT2D eigenvalue weighted by Gasteiger charge is 2.40. The van der Waals surface area contributed by atoms with Gasteiger partial charge < -0.3 is 15.5 Å². The zero-order chi connectivity index (χ0) is 13.5. The molecule has 108 valence electrons. The standard InChI is InChI=1S/C15H27N3O/c1-15(2)6-3-7-16-13(15)14(19)17-12-10-18-8-4-11(12)5-9-18/h11-13,16H,3-10H2,1-2H3,(H,17,19). The first-order valence-electron chi connectivity index (χ1n) is 7.82. The third-order valence-electron chi connectivity index (χ3n) is 5.37. The lowest BCUT2D eigenvalue weighted by Gasteiger charge is -2.46. The van der Waals surface area contributed by atoms with Crippen molar-refractivity contribution < 1.29 is 4.79 Å². The molecule has 4 heterocycles. The number of carbonyl (C=O) groups is 1. The highest BCUT2D eigenvalue weighted by molar-refractivity contribution is 5.83. The van der Waals surface area contributed by atoms with Crippen LogP contribution in [0.1, 0.15) is 39.5 Å². The fourth-order valence-corrected chi connectivity index (χ4v) is 4.05. The van der Waals surface area contributed by atoms with Crippen LogP contribution in [0, 0.1) is 11.3 Å². The van der Waals surface area contributed by atoms with Crippen LogP contribution in [0.4, 0.5) is 0 Å². The molecule has 4 heteroatoms. The summed E-state index contributed by atoms with van der Waals surface area (Å²) >= 11 is 0. The highest BCUT2D eigenvalue weighted by Crippen LogP contribution is 2.31. The first-order chi connectivity index (χ1) is 9.06. The van der Waals surface area contributed by atoms with Gasteiger partial charge in [0.2, 0.25) is 5.91 Å². The van der Waals surface area contributed by atoms with E-state index >= 15 is 0 Å². The van der Waals surface area contributed by atoms with Crippen molar-refractivity contribution in [3.63, 3.8) is 0 Å². The van der Waals surface area contributed by atoms with Gasteiger partial charge in [0.25, 0.3) is 0 Å². The summed E-state index contributed by atoms with van der Waals surface area (Å²) in [4.78, 5) is 15.1. The molecule has 4 nitrogen and oxygen atoms in total. The van der Waals surface area contributed by atoms with Gasteiger partial charge in [-0.3, -0.25) is 4.79 Å². The number of hydrogen-bond acceptors (Lipinski definition) is 3. The van der Waals surface area contributed by atoms with Gasteiger partial charge in [-0.05, 0) is 56.7 Å². The monoisotopic (exact) mass is 265 g/mol. The van der Waals surface area contributed by atoms with Crippen LogP contribution in [0.25, 0.3) is 0 Å². The molecule has 0 spiro atoms. The van der Waals surface area contributed by atoms with Crippen molar-refractivity contribution in [2.45, 2.75) is 51.6 Å². The highest BCUT2D eigenvalue weighted by atomic mass is 16.2. The molecule has 2 unspecified atom stereocenters. The molecule has 4 aliphatic heterocycles. The number of piperidine rings is 4. The Labute approximate surface area is 116 Å². The number of amides is 1. The van der Waals surface area contributed by atoms with Gasteiger partial charge in [-0.1, -0.05) is 13.8 Å². The lowest BCUT2D eigenvalue weighted by atomic mass is 9.76. The molecule has 2 atom stereocenters. The van der Waals surface area contributed by atoms with Crippen LogP contribution in [0.5, 0.6) is 0 Å². The van der Waals surface area contributed by atoms with Gasteiger partial charge in [0.15, 0.2) is 0 Å². The number of hydrogen-bond donors (Lipinski definition) is 2. The second-order valence-corrected chi connectivity index (χ2v) is 7.23. The summed E-state index contributed by atoms with van der Waals surface area (Å²) < 4.78 is 0. The number of nitrogens with zero attached hydrogens (tertiary/aromatic N) is 1. The summed E-state index contributed by atoms with van der Waals surface area (Å²) in [6, 6.07) is 0.367. The molecule has 4 rings (SSSR count). The maximum atomic E-state index is 12.6. The van der Waals surface area contributed by atoms with E-state index in [9.17, 15) is 4.79 Å². The van der Waals surface area contributed by atoms with Gasteiger partial charge in [-0.25, -0.2) is 0 Å². The van der Waals surface area contributed by atoms with Gasteiger partial charge >= 0.3 is 0 Å². The average molecular weight is 265 g/mol. The van der Waals surface area contributed by atoms with Crippen LogP contribution >= 0.6 is 0 Å². The summed E-state index contributed by atoms with van der Waals surface area (Å²) in [7, 11) is 0. The Morgan fingerprint density at radius 1 is 1.32 bits per heavy atom. The topological polar surface area (TPSA) is 44.4 Å². The fourth-order valence-electron chi connectivity index (χ4n) is 4.05. The molecule has 0 aliphatic carbocycles. The summed E-state index contributed by atoms with van der Waals surface area (Å²) in [6.45, 7) is 8.90. The fraction of sp³-hybridized carbons (Fsp3) is 0.933. The van der Waals surface area contributed by atoms with Crippen LogP contribution < -0.4 is 10.6 Å². The van der Waals surface area contributed by atoms with E-state index in [4.69, 9.17) is 0 Å². The molecule has 4 saturated heterocycles. The van der Waals surface area contributed by atoms with Crippen molar-refractivity contribution in [2.24, 2.45) is 11.3 Å². The van der Waals surface area contributed by atoms with E-state index in [0.29, 0.717) is 12.0 Å². The van der Waals surface area contributed by atoms with Crippen molar-refractivity contribution in [2.75, 3.05) is 26.2 Å². The summed E-state index contributed by atoms with van der Waals surface area (Å²) in [5.74, 6) is 0.934. The number of nitrogens with one attached hydrogen (secondary N) is 2. The number of carbonyl (C=O) groups excluding carboxylic acids is 1. The van der Waals surface area contributed by atoms with Crippen LogP contribution in [0.15, 0.2) is 0 Å². The lowest BCUT2D eigenvalue weighted by Crippen LogP contribution is -2.62. The van der Waals surface area contributed by atoms with Crippen molar-refractivity contribution in [3.05, 3.63) is 0 Å². The zero-order valence-corrected chi connectivity index (χ0v) is 12.2. The minimum absolute atomic E-state index is 0.0169. The Kier molecular flexibility index (Phi) is 3.56. The first-order valence-corrected chi connectivity index (χ1v) is 7.82. The van der Waals surface area contributed by atoms with E-state index in [2.05, 4.69) is 29.4 Å². The molecular weight excluding hydrogens is 238 g/mol. The molecule has 4 aliphatic rings. The molecule has 0 aromatic heterocycles.